The fourth-order valence-electron chi connectivity index (χ4n) is 2.29. The van der Waals surface area contributed by atoms with Gasteiger partial charge in [-0.05, 0) is 12.5 Å². The summed E-state index contributed by atoms with van der Waals surface area (Å²) in [5, 5.41) is 8.99. The molecule has 1 heterocycles. The lowest BCUT2D eigenvalue weighted by Gasteiger charge is -2.41. The number of amides is 1. The van der Waals surface area contributed by atoms with Gasteiger partial charge < -0.3 is 14.7 Å². The smallest absolute Gasteiger partial charge is 0.251 e. The summed E-state index contributed by atoms with van der Waals surface area (Å²) in [5.74, 6) is -0.0521. The number of likely N-dealkylation sites (N-methyl/N-ethyl adjacent to an activating group) is 1. The average Bonchev–Trinajstić information content (AvgIpc) is 2.40. The second-order valence-corrected chi connectivity index (χ2v) is 4.66. The van der Waals surface area contributed by atoms with Crippen LogP contribution in [0.15, 0.2) is 30.3 Å². The van der Waals surface area contributed by atoms with Gasteiger partial charge in [-0.25, -0.2) is 0 Å². The second kappa shape index (κ2) is 5.50. The van der Waals surface area contributed by atoms with Gasteiger partial charge in [0, 0.05) is 20.1 Å². The highest BCUT2D eigenvalue weighted by molar-refractivity contribution is 5.81. The molecule has 0 spiro atoms. The number of carbonyl (C=O) groups excluding carboxylic acids is 1. The third-order valence-corrected chi connectivity index (χ3v) is 3.50. The van der Waals surface area contributed by atoms with Gasteiger partial charge in [-0.3, -0.25) is 4.79 Å². The summed E-state index contributed by atoms with van der Waals surface area (Å²) >= 11 is 0. The first-order valence-corrected chi connectivity index (χ1v) is 6.23. The van der Waals surface area contributed by atoms with Gasteiger partial charge in [0.15, 0.2) is 0 Å². The SMILES string of the molecule is C[C@H]1[C@@H](c2ccccc2)O[C@@H](CCO)C(=O)N1C. The molecule has 1 N–H and O–H groups in total. The van der Waals surface area contributed by atoms with E-state index in [-0.39, 0.29) is 24.7 Å². The average molecular weight is 249 g/mol. The van der Waals surface area contributed by atoms with Crippen molar-refractivity contribution in [3.63, 3.8) is 0 Å². The van der Waals surface area contributed by atoms with Crippen LogP contribution in [0, 0.1) is 0 Å². The van der Waals surface area contributed by atoms with Crippen molar-refractivity contribution in [3.05, 3.63) is 35.9 Å². The molecule has 0 aromatic heterocycles. The minimum absolute atomic E-state index is 0.00478. The van der Waals surface area contributed by atoms with Gasteiger partial charge in [0.05, 0.1) is 6.04 Å². The van der Waals surface area contributed by atoms with Crippen LogP contribution in [-0.2, 0) is 9.53 Å². The van der Waals surface area contributed by atoms with Gasteiger partial charge in [0.1, 0.15) is 12.2 Å². The third-order valence-electron chi connectivity index (χ3n) is 3.50. The van der Waals surface area contributed by atoms with Crippen molar-refractivity contribution < 1.29 is 14.6 Å². The van der Waals surface area contributed by atoms with E-state index in [9.17, 15) is 4.79 Å². The van der Waals surface area contributed by atoms with Crippen LogP contribution in [0.5, 0.6) is 0 Å². The molecule has 0 aliphatic carbocycles. The van der Waals surface area contributed by atoms with E-state index < -0.39 is 6.10 Å². The van der Waals surface area contributed by atoms with Crippen LogP contribution in [0.2, 0.25) is 0 Å². The molecule has 4 nitrogen and oxygen atoms in total. The Morgan fingerprint density at radius 2 is 2.00 bits per heavy atom. The van der Waals surface area contributed by atoms with Crippen LogP contribution in [0.3, 0.4) is 0 Å². The molecule has 0 bridgehead atoms. The molecule has 1 aliphatic heterocycles. The number of rotatable bonds is 3. The zero-order valence-electron chi connectivity index (χ0n) is 10.7. The third kappa shape index (κ3) is 2.40. The minimum Gasteiger partial charge on any atom is -0.396 e. The van der Waals surface area contributed by atoms with Crippen LogP contribution in [0.4, 0.5) is 0 Å². The lowest BCUT2D eigenvalue weighted by molar-refractivity contribution is -0.170. The second-order valence-electron chi connectivity index (χ2n) is 4.66. The molecule has 98 valence electrons. The first-order valence-electron chi connectivity index (χ1n) is 6.23. The zero-order chi connectivity index (χ0) is 13.1. The Morgan fingerprint density at radius 3 is 2.61 bits per heavy atom. The molecular weight excluding hydrogens is 230 g/mol. The van der Waals surface area contributed by atoms with Crippen molar-refractivity contribution in [1.82, 2.24) is 4.90 Å². The Labute approximate surface area is 107 Å². The summed E-state index contributed by atoms with van der Waals surface area (Å²) in [5.41, 5.74) is 1.06. The maximum atomic E-state index is 12.0. The first-order chi connectivity index (χ1) is 8.65. The van der Waals surface area contributed by atoms with Crippen LogP contribution in [-0.4, -0.2) is 41.7 Å². The molecule has 4 heteroatoms. The maximum absolute atomic E-state index is 12.0. The van der Waals surface area contributed by atoms with E-state index in [1.54, 1.807) is 11.9 Å². The molecule has 1 aliphatic rings. The quantitative estimate of drug-likeness (QED) is 0.880. The largest absolute Gasteiger partial charge is 0.396 e. The predicted octanol–water partition coefficient (Wildman–Crippen LogP) is 1.36. The van der Waals surface area contributed by atoms with Gasteiger partial charge in [0.2, 0.25) is 0 Å². The number of morpholine rings is 1. The van der Waals surface area contributed by atoms with E-state index >= 15 is 0 Å². The topological polar surface area (TPSA) is 49.8 Å². The Bertz CT molecular complexity index is 407. The minimum atomic E-state index is -0.540. The van der Waals surface area contributed by atoms with Crippen LogP contribution in [0.1, 0.15) is 25.0 Å². The molecule has 1 amide bonds. The standard InChI is InChI=1S/C14H19NO3/c1-10-13(11-6-4-3-5-7-11)18-12(8-9-16)14(17)15(10)2/h3-7,10,12-13,16H,8-9H2,1-2H3/t10-,12-,13-/m0/s1. The van der Waals surface area contributed by atoms with Gasteiger partial charge in [-0.15, -0.1) is 0 Å². The summed E-state index contributed by atoms with van der Waals surface area (Å²) in [4.78, 5) is 13.7. The molecule has 1 saturated heterocycles. The van der Waals surface area contributed by atoms with E-state index in [1.165, 1.54) is 0 Å². The first kappa shape index (κ1) is 13.1. The Kier molecular flexibility index (Phi) is 3.99. The molecule has 1 aromatic rings. The van der Waals surface area contributed by atoms with Gasteiger partial charge in [-0.2, -0.15) is 0 Å². The Hall–Kier alpha value is -1.39. The Balaban J connectivity index is 2.22. The van der Waals surface area contributed by atoms with Crippen molar-refractivity contribution in [1.29, 1.82) is 0 Å². The van der Waals surface area contributed by atoms with Crippen LogP contribution >= 0.6 is 0 Å². The molecule has 1 aromatic carbocycles. The summed E-state index contributed by atoms with van der Waals surface area (Å²) in [7, 11) is 1.79. The van der Waals surface area contributed by atoms with Crippen LogP contribution < -0.4 is 0 Å². The fourth-order valence-corrected chi connectivity index (χ4v) is 2.29. The lowest BCUT2D eigenvalue weighted by atomic mass is 9.99. The number of carbonyl (C=O) groups is 1. The molecule has 1 fully saturated rings. The van der Waals surface area contributed by atoms with Gasteiger partial charge in [-0.1, -0.05) is 30.3 Å². The van der Waals surface area contributed by atoms with E-state index in [4.69, 9.17) is 9.84 Å². The highest BCUT2D eigenvalue weighted by atomic mass is 16.5. The van der Waals surface area contributed by atoms with E-state index in [0.717, 1.165) is 5.56 Å². The molecule has 18 heavy (non-hydrogen) atoms. The molecule has 0 unspecified atom stereocenters. The molecule has 3 atom stereocenters. The fraction of sp³-hybridized carbons (Fsp3) is 0.500. The summed E-state index contributed by atoms with van der Waals surface area (Å²) < 4.78 is 5.86. The molecule has 2 rings (SSSR count). The number of benzene rings is 1. The summed E-state index contributed by atoms with van der Waals surface area (Å²) in [6, 6.07) is 9.87. The number of aliphatic hydroxyl groups is 1. The summed E-state index contributed by atoms with van der Waals surface area (Å²) in [6.07, 6.45) is -0.328. The number of nitrogens with zero attached hydrogens (tertiary/aromatic N) is 1. The number of hydrogen-bond acceptors (Lipinski definition) is 3. The van der Waals surface area contributed by atoms with E-state index in [2.05, 4.69) is 0 Å². The zero-order valence-corrected chi connectivity index (χ0v) is 10.7. The molecule has 0 saturated carbocycles. The molecular formula is C14H19NO3. The highest BCUT2D eigenvalue weighted by Gasteiger charge is 2.38. The van der Waals surface area contributed by atoms with Crippen LogP contribution in [0.25, 0.3) is 0 Å². The predicted molar refractivity (Wildman–Crippen MR) is 68.0 cm³/mol. The van der Waals surface area contributed by atoms with Crippen molar-refractivity contribution in [2.24, 2.45) is 0 Å². The van der Waals surface area contributed by atoms with E-state index in [0.29, 0.717) is 6.42 Å². The van der Waals surface area contributed by atoms with Gasteiger partial charge >= 0.3 is 0 Å². The number of hydrogen-bond donors (Lipinski definition) is 1. The van der Waals surface area contributed by atoms with Crippen molar-refractivity contribution in [3.8, 4) is 0 Å². The lowest BCUT2D eigenvalue weighted by Crippen LogP contribution is -2.52. The van der Waals surface area contributed by atoms with Crippen molar-refractivity contribution in [2.45, 2.75) is 31.6 Å². The maximum Gasteiger partial charge on any atom is 0.251 e. The van der Waals surface area contributed by atoms with Crippen molar-refractivity contribution >= 4 is 5.91 Å². The summed E-state index contributed by atoms with van der Waals surface area (Å²) in [6.45, 7) is 1.94. The van der Waals surface area contributed by atoms with Gasteiger partial charge in [0.25, 0.3) is 5.91 Å². The Morgan fingerprint density at radius 1 is 1.33 bits per heavy atom. The van der Waals surface area contributed by atoms with Crippen molar-refractivity contribution in [2.75, 3.05) is 13.7 Å². The van der Waals surface area contributed by atoms with E-state index in [1.807, 2.05) is 37.3 Å². The highest BCUT2D eigenvalue weighted by Crippen LogP contribution is 2.31. The number of aliphatic hydroxyl groups excluding tert-OH is 1. The number of ether oxygens (including phenoxy) is 1. The molecule has 0 radical (unpaired) electrons. The normalized spacial score (nSPS) is 28.5. The monoisotopic (exact) mass is 249 g/mol.